The smallest absolute Gasteiger partial charge is 0.261 e. The Kier molecular flexibility index (Phi) is 8.27. The first-order chi connectivity index (χ1) is 13.2. The number of ether oxygens (including phenoxy) is 1. The Hall–Kier alpha value is -1.18. The van der Waals surface area contributed by atoms with Crippen molar-refractivity contribution in [2.45, 2.75) is 32.2 Å². The molecule has 0 amide bonds. The monoisotopic (exact) mass is 440 g/mol. The van der Waals surface area contributed by atoms with Crippen LogP contribution < -0.4 is 10.4 Å². The lowest BCUT2D eigenvalue weighted by Gasteiger charge is -2.43. The van der Waals surface area contributed by atoms with Gasteiger partial charge in [-0.1, -0.05) is 81.4 Å². The number of rotatable bonds is 10. The maximum absolute atomic E-state index is 11.0. The molecule has 0 heterocycles. The van der Waals surface area contributed by atoms with E-state index in [0.717, 1.165) is 0 Å². The molecule has 0 bridgehead atoms. The Balaban J connectivity index is 2.16. The third kappa shape index (κ3) is 6.16. The lowest BCUT2D eigenvalue weighted by molar-refractivity contribution is 0.0977. The minimum absolute atomic E-state index is 0.0792. The average molecular weight is 441 g/mol. The van der Waals surface area contributed by atoms with Crippen molar-refractivity contribution in [1.82, 2.24) is 0 Å². The van der Waals surface area contributed by atoms with Crippen LogP contribution in [-0.2, 0) is 18.2 Å². The van der Waals surface area contributed by atoms with Gasteiger partial charge >= 0.3 is 0 Å². The molecule has 0 aromatic heterocycles. The van der Waals surface area contributed by atoms with Crippen LogP contribution in [0, 0.1) is 0 Å². The molecule has 0 atom stereocenters. The molecule has 2 rings (SSSR count). The molecule has 0 aliphatic rings. The maximum atomic E-state index is 11.0. The fourth-order valence-corrected chi connectivity index (χ4v) is 8.79. The molecule has 2 aromatic rings. The number of benzene rings is 2. The summed E-state index contributed by atoms with van der Waals surface area (Å²) in [7, 11) is -0.792. The molecule has 2 aromatic carbocycles. The highest BCUT2D eigenvalue weighted by Crippen LogP contribution is 2.36. The summed E-state index contributed by atoms with van der Waals surface area (Å²) in [6.07, 6.45) is 0.380. The van der Waals surface area contributed by atoms with Gasteiger partial charge in [0.15, 0.2) is 0 Å². The van der Waals surface area contributed by atoms with Gasteiger partial charge in [-0.05, 0) is 21.8 Å². The molecule has 4 nitrogen and oxygen atoms in total. The minimum Gasteiger partial charge on any atom is -0.405 e. The summed E-state index contributed by atoms with van der Waals surface area (Å²) in [6, 6.07) is 20.8. The van der Waals surface area contributed by atoms with E-state index in [1.807, 2.05) is 12.1 Å². The van der Waals surface area contributed by atoms with Gasteiger partial charge in [-0.15, -0.1) is 0 Å². The lowest BCUT2D eigenvalue weighted by Crippen LogP contribution is -2.66. The van der Waals surface area contributed by atoms with Crippen LogP contribution in [0.5, 0.6) is 0 Å². The molecule has 0 saturated heterocycles. The zero-order valence-corrected chi connectivity index (χ0v) is 19.3. The summed E-state index contributed by atoms with van der Waals surface area (Å²) in [5.74, 6) is -0.0792. The van der Waals surface area contributed by atoms with Gasteiger partial charge in [-0.3, -0.25) is 0 Å². The first-order valence-electron chi connectivity index (χ1n) is 9.42. The van der Waals surface area contributed by atoms with E-state index >= 15 is 0 Å². The van der Waals surface area contributed by atoms with Crippen molar-refractivity contribution < 1.29 is 17.6 Å². The second-order valence-corrected chi connectivity index (χ2v) is 14.9. The number of hydrogen-bond acceptors (Lipinski definition) is 4. The Labute approximate surface area is 174 Å². The number of hydrogen-bond donors (Lipinski definition) is 0. The van der Waals surface area contributed by atoms with Crippen LogP contribution in [0.3, 0.4) is 0 Å². The standard InChI is InChI=1S/C21H29ClO4SSi/c1-21(2,3)28(19-11-6-4-7-12-19,20-13-8-5-9-14-20)26-17-16-25-15-10-18-27(22,23)24/h4-9,11-14H,10,15-18H2,1-3H3. The highest BCUT2D eigenvalue weighted by atomic mass is 35.7. The van der Waals surface area contributed by atoms with Crippen LogP contribution in [-0.4, -0.2) is 42.3 Å². The van der Waals surface area contributed by atoms with E-state index in [1.54, 1.807) is 0 Å². The molecule has 0 aliphatic heterocycles. The van der Waals surface area contributed by atoms with Gasteiger partial charge in [0.1, 0.15) is 0 Å². The van der Waals surface area contributed by atoms with E-state index in [1.165, 1.54) is 10.4 Å². The topological polar surface area (TPSA) is 52.6 Å². The Morgan fingerprint density at radius 1 is 0.857 bits per heavy atom. The van der Waals surface area contributed by atoms with Gasteiger partial charge in [-0.2, -0.15) is 0 Å². The van der Waals surface area contributed by atoms with Crippen LogP contribution in [0.2, 0.25) is 5.04 Å². The van der Waals surface area contributed by atoms with E-state index in [9.17, 15) is 8.42 Å². The summed E-state index contributed by atoms with van der Waals surface area (Å²) in [5, 5.41) is 2.37. The van der Waals surface area contributed by atoms with E-state index in [-0.39, 0.29) is 10.8 Å². The highest BCUT2D eigenvalue weighted by Gasteiger charge is 2.49. The summed E-state index contributed by atoms with van der Waals surface area (Å²) in [5.41, 5.74) is 0. The van der Waals surface area contributed by atoms with Crippen LogP contribution in [0.4, 0.5) is 0 Å². The molecule has 0 aliphatic carbocycles. The molecule has 0 radical (unpaired) electrons. The summed E-state index contributed by atoms with van der Waals surface area (Å²) in [6.45, 7) is 7.88. The van der Waals surface area contributed by atoms with E-state index in [2.05, 4.69) is 69.3 Å². The SMILES string of the molecule is CC(C)(C)[Si](OCCOCCCS(=O)(=O)Cl)(c1ccccc1)c1ccccc1. The van der Waals surface area contributed by atoms with Crippen molar-refractivity contribution in [3.8, 4) is 0 Å². The Morgan fingerprint density at radius 2 is 1.36 bits per heavy atom. The van der Waals surface area contributed by atoms with Crippen molar-refractivity contribution in [2.75, 3.05) is 25.6 Å². The summed E-state index contributed by atoms with van der Waals surface area (Å²) < 4.78 is 34.2. The van der Waals surface area contributed by atoms with Crippen molar-refractivity contribution in [2.24, 2.45) is 0 Å². The predicted octanol–water partition coefficient (Wildman–Crippen LogP) is 3.54. The third-order valence-electron chi connectivity index (χ3n) is 4.64. The fourth-order valence-electron chi connectivity index (χ4n) is 3.45. The van der Waals surface area contributed by atoms with Crippen LogP contribution in [0.1, 0.15) is 27.2 Å². The fraction of sp³-hybridized carbons (Fsp3) is 0.429. The molecule has 154 valence electrons. The highest BCUT2D eigenvalue weighted by molar-refractivity contribution is 8.13. The molecule has 0 spiro atoms. The molecule has 0 N–H and O–H groups in total. The van der Waals surface area contributed by atoms with Crippen LogP contribution in [0.15, 0.2) is 60.7 Å². The van der Waals surface area contributed by atoms with Crippen molar-refractivity contribution in [3.05, 3.63) is 60.7 Å². The molecular weight excluding hydrogens is 412 g/mol. The second-order valence-electron chi connectivity index (χ2n) is 7.72. The molecule has 0 unspecified atom stereocenters. The predicted molar refractivity (Wildman–Crippen MR) is 119 cm³/mol. The largest absolute Gasteiger partial charge is 0.405 e. The average Bonchev–Trinajstić information content (AvgIpc) is 2.63. The van der Waals surface area contributed by atoms with E-state index in [0.29, 0.717) is 26.2 Å². The molecule has 0 fully saturated rings. The van der Waals surface area contributed by atoms with Crippen molar-refractivity contribution in [3.63, 3.8) is 0 Å². The zero-order chi connectivity index (χ0) is 20.7. The molecule has 28 heavy (non-hydrogen) atoms. The van der Waals surface area contributed by atoms with Crippen molar-refractivity contribution >= 4 is 38.4 Å². The van der Waals surface area contributed by atoms with Gasteiger partial charge in [0.2, 0.25) is 9.05 Å². The minimum atomic E-state index is -3.46. The Morgan fingerprint density at radius 3 is 1.79 bits per heavy atom. The lowest BCUT2D eigenvalue weighted by atomic mass is 10.2. The summed E-state index contributed by atoms with van der Waals surface area (Å²) >= 11 is 0. The second kappa shape index (κ2) is 10.0. The van der Waals surface area contributed by atoms with Gasteiger partial charge in [0, 0.05) is 17.3 Å². The van der Waals surface area contributed by atoms with Crippen molar-refractivity contribution in [1.29, 1.82) is 0 Å². The first kappa shape index (κ1) is 23.1. The van der Waals surface area contributed by atoms with Gasteiger partial charge in [0.05, 0.1) is 19.0 Å². The maximum Gasteiger partial charge on any atom is 0.261 e. The quantitative estimate of drug-likeness (QED) is 0.322. The molecule has 0 saturated carbocycles. The zero-order valence-electron chi connectivity index (χ0n) is 16.7. The molecule has 7 heteroatoms. The third-order valence-corrected chi connectivity index (χ3v) is 10.9. The number of halogens is 1. The molecular formula is C21H29ClO4SSi. The summed E-state index contributed by atoms with van der Waals surface area (Å²) in [4.78, 5) is 0. The van der Waals surface area contributed by atoms with Gasteiger partial charge in [0.25, 0.3) is 8.32 Å². The first-order valence-corrected chi connectivity index (χ1v) is 13.8. The van der Waals surface area contributed by atoms with Gasteiger partial charge < -0.3 is 9.16 Å². The van der Waals surface area contributed by atoms with E-state index < -0.39 is 17.4 Å². The van der Waals surface area contributed by atoms with Crippen LogP contribution in [0.25, 0.3) is 0 Å². The van der Waals surface area contributed by atoms with E-state index in [4.69, 9.17) is 19.8 Å². The Bertz CT molecular complexity index is 781. The van der Waals surface area contributed by atoms with Crippen LogP contribution >= 0.6 is 10.7 Å². The van der Waals surface area contributed by atoms with Gasteiger partial charge in [-0.25, -0.2) is 8.42 Å². The normalized spacial score (nSPS) is 12.9.